The molecule has 2 unspecified atom stereocenters. The Morgan fingerprint density at radius 1 is 1.11 bits per heavy atom. The van der Waals surface area contributed by atoms with Crippen molar-refractivity contribution in [1.82, 2.24) is 15.6 Å². The van der Waals surface area contributed by atoms with Crippen molar-refractivity contribution in [3.05, 3.63) is 51.9 Å². The number of rotatable bonds is 7. The number of piperidine rings is 1. The van der Waals surface area contributed by atoms with Gasteiger partial charge in [0.15, 0.2) is 5.60 Å². The molecule has 1 aromatic carbocycles. The van der Waals surface area contributed by atoms with Gasteiger partial charge in [-0.15, -0.1) is 0 Å². The molecule has 2 bridgehead atoms. The molecule has 2 aromatic rings. The molecule has 0 saturated carbocycles. The molecule has 0 spiro atoms. The Labute approximate surface area is 226 Å². The van der Waals surface area contributed by atoms with Crippen LogP contribution in [0.1, 0.15) is 49.9 Å². The molecule has 38 heavy (non-hydrogen) atoms. The SMILES string of the molecule is CC(C)(Oc1cc(F)c(Cl)cc1Cl)C(=O)NC1CC2CCC(C1)N2c1ccc(C(=O)NCC(F)(F)F)cn1. The van der Waals surface area contributed by atoms with Crippen molar-refractivity contribution in [2.75, 3.05) is 11.4 Å². The van der Waals surface area contributed by atoms with E-state index in [0.29, 0.717) is 18.7 Å². The van der Waals surface area contributed by atoms with E-state index >= 15 is 0 Å². The van der Waals surface area contributed by atoms with E-state index in [9.17, 15) is 27.2 Å². The number of aromatic nitrogens is 1. The first-order valence-corrected chi connectivity index (χ1v) is 12.7. The summed E-state index contributed by atoms with van der Waals surface area (Å²) in [4.78, 5) is 31.5. The summed E-state index contributed by atoms with van der Waals surface area (Å²) in [6.07, 6.45) is -0.185. The molecule has 1 aromatic heterocycles. The lowest BCUT2D eigenvalue weighted by Crippen LogP contribution is -2.55. The fourth-order valence-electron chi connectivity index (χ4n) is 4.89. The number of amides is 2. The highest BCUT2D eigenvalue weighted by molar-refractivity contribution is 6.35. The van der Waals surface area contributed by atoms with E-state index in [2.05, 4.69) is 15.2 Å². The molecule has 2 fully saturated rings. The van der Waals surface area contributed by atoms with E-state index in [1.165, 1.54) is 18.3 Å². The number of hydrogen-bond acceptors (Lipinski definition) is 5. The lowest BCUT2D eigenvalue weighted by molar-refractivity contribution is -0.135. The smallest absolute Gasteiger partial charge is 0.405 e. The molecule has 13 heteroatoms. The molecular weight excluding hydrogens is 551 g/mol. The Bertz CT molecular complexity index is 1200. The number of alkyl halides is 3. The zero-order chi connectivity index (χ0) is 27.8. The van der Waals surface area contributed by atoms with Crippen molar-refractivity contribution in [2.45, 2.75) is 69.4 Å². The lowest BCUT2D eigenvalue weighted by atomic mass is 9.96. The predicted octanol–water partition coefficient (Wildman–Crippen LogP) is 5.29. The average molecular weight is 577 g/mol. The standard InChI is InChI=1S/C25H26Cl2F4N4O3/c1-24(2,38-20-10-19(28)17(26)9-18(20)27)23(37)34-14-7-15-4-5-16(8-14)35(15)21-6-3-13(11-32-21)22(36)33-12-25(29,30)31/h3,6,9-11,14-16H,4-5,7-8,12H2,1-2H3,(H,33,36)(H,34,37). The molecule has 2 saturated heterocycles. The van der Waals surface area contributed by atoms with Gasteiger partial charge in [-0.3, -0.25) is 9.59 Å². The maximum absolute atomic E-state index is 13.9. The second-order valence-corrected chi connectivity index (χ2v) is 10.8. The first-order chi connectivity index (χ1) is 17.7. The van der Waals surface area contributed by atoms with Crippen molar-refractivity contribution >= 4 is 40.8 Å². The molecule has 0 radical (unpaired) electrons. The van der Waals surface area contributed by atoms with Gasteiger partial charge in [-0.05, 0) is 57.7 Å². The summed E-state index contributed by atoms with van der Waals surface area (Å²) in [7, 11) is 0. The lowest BCUT2D eigenvalue weighted by Gasteiger charge is -2.40. The fraction of sp³-hybridized carbons (Fsp3) is 0.480. The summed E-state index contributed by atoms with van der Waals surface area (Å²) < 4.78 is 56.7. The van der Waals surface area contributed by atoms with Crippen molar-refractivity contribution < 1.29 is 31.9 Å². The number of benzene rings is 1. The van der Waals surface area contributed by atoms with E-state index in [4.69, 9.17) is 27.9 Å². The average Bonchev–Trinajstić information content (AvgIpc) is 3.10. The Balaban J connectivity index is 1.36. The van der Waals surface area contributed by atoms with Crippen LogP contribution in [0.5, 0.6) is 5.75 Å². The van der Waals surface area contributed by atoms with E-state index in [0.717, 1.165) is 18.9 Å². The Kier molecular flexibility index (Phi) is 7.99. The quantitative estimate of drug-likeness (QED) is 0.345. The second-order valence-electron chi connectivity index (χ2n) is 9.95. The molecule has 2 aliphatic rings. The van der Waals surface area contributed by atoms with Gasteiger partial charge in [0, 0.05) is 30.4 Å². The van der Waals surface area contributed by atoms with Gasteiger partial charge in [-0.25, -0.2) is 9.37 Å². The van der Waals surface area contributed by atoms with Crippen LogP contribution in [0.2, 0.25) is 10.0 Å². The van der Waals surface area contributed by atoms with Crippen molar-refractivity contribution in [1.29, 1.82) is 0 Å². The number of nitrogens with zero attached hydrogens (tertiary/aromatic N) is 2. The van der Waals surface area contributed by atoms with Gasteiger partial charge < -0.3 is 20.3 Å². The number of hydrogen-bond donors (Lipinski definition) is 2. The molecule has 2 aliphatic heterocycles. The number of halogens is 6. The fourth-order valence-corrected chi connectivity index (χ4v) is 5.31. The number of carbonyl (C=O) groups excluding carboxylic acids is 2. The maximum Gasteiger partial charge on any atom is 0.405 e. The molecule has 206 valence electrons. The van der Waals surface area contributed by atoms with Crippen LogP contribution >= 0.6 is 23.2 Å². The third kappa shape index (κ3) is 6.43. The summed E-state index contributed by atoms with van der Waals surface area (Å²) in [6.45, 7) is 1.71. The molecule has 4 rings (SSSR count). The van der Waals surface area contributed by atoms with Crippen LogP contribution < -0.4 is 20.3 Å². The number of anilines is 1. The molecule has 2 N–H and O–H groups in total. The van der Waals surface area contributed by atoms with Crippen molar-refractivity contribution in [3.63, 3.8) is 0 Å². The molecule has 7 nitrogen and oxygen atoms in total. The summed E-state index contributed by atoms with van der Waals surface area (Å²) in [5, 5.41) is 4.79. The highest BCUT2D eigenvalue weighted by Gasteiger charge is 2.43. The first-order valence-electron chi connectivity index (χ1n) is 12.0. The number of carbonyl (C=O) groups is 2. The summed E-state index contributed by atoms with van der Waals surface area (Å²) >= 11 is 11.8. The second kappa shape index (κ2) is 10.8. The molecule has 2 atom stereocenters. The van der Waals surface area contributed by atoms with Gasteiger partial charge in [0.2, 0.25) is 0 Å². The van der Waals surface area contributed by atoms with Crippen LogP contribution in [0.25, 0.3) is 0 Å². The van der Waals surface area contributed by atoms with E-state index < -0.39 is 30.0 Å². The Hall–Kier alpha value is -2.79. The van der Waals surface area contributed by atoms with Gasteiger partial charge in [0.1, 0.15) is 23.9 Å². The van der Waals surface area contributed by atoms with Crippen LogP contribution in [0.3, 0.4) is 0 Å². The van der Waals surface area contributed by atoms with E-state index in [1.807, 2.05) is 5.32 Å². The van der Waals surface area contributed by atoms with Crippen LogP contribution in [-0.2, 0) is 4.79 Å². The third-order valence-electron chi connectivity index (χ3n) is 6.68. The van der Waals surface area contributed by atoms with Gasteiger partial charge in [-0.1, -0.05) is 23.2 Å². The largest absolute Gasteiger partial charge is 0.476 e. The molecular formula is C25H26Cl2F4N4O3. The van der Waals surface area contributed by atoms with E-state index in [-0.39, 0.29) is 45.4 Å². The number of ether oxygens (including phenoxy) is 1. The minimum absolute atomic E-state index is 0.00483. The van der Waals surface area contributed by atoms with Crippen LogP contribution in [0.15, 0.2) is 30.5 Å². The minimum atomic E-state index is -4.50. The number of nitrogens with one attached hydrogen (secondary N) is 2. The third-order valence-corrected chi connectivity index (χ3v) is 7.26. The predicted molar refractivity (Wildman–Crippen MR) is 134 cm³/mol. The normalized spacial score (nSPS) is 21.3. The molecule has 3 heterocycles. The Morgan fingerprint density at radius 2 is 1.76 bits per heavy atom. The molecule has 0 aliphatic carbocycles. The van der Waals surface area contributed by atoms with Gasteiger partial charge in [0.25, 0.3) is 11.8 Å². The van der Waals surface area contributed by atoms with E-state index in [1.54, 1.807) is 19.9 Å². The highest BCUT2D eigenvalue weighted by atomic mass is 35.5. The first kappa shape index (κ1) is 28.2. The topological polar surface area (TPSA) is 83.6 Å². The summed E-state index contributed by atoms with van der Waals surface area (Å²) in [5.41, 5.74) is -1.31. The summed E-state index contributed by atoms with van der Waals surface area (Å²) in [6, 6.07) is 5.36. The monoisotopic (exact) mass is 576 g/mol. The highest BCUT2D eigenvalue weighted by Crippen LogP contribution is 2.39. The summed E-state index contributed by atoms with van der Waals surface area (Å²) in [5.74, 6) is -1.31. The number of fused-ring (bicyclic) bond motifs is 2. The maximum atomic E-state index is 13.9. The van der Waals surface area contributed by atoms with Crippen LogP contribution in [0.4, 0.5) is 23.4 Å². The minimum Gasteiger partial charge on any atom is -0.476 e. The zero-order valence-corrected chi connectivity index (χ0v) is 22.1. The van der Waals surface area contributed by atoms with Gasteiger partial charge in [0.05, 0.1) is 15.6 Å². The van der Waals surface area contributed by atoms with Gasteiger partial charge >= 0.3 is 6.18 Å². The van der Waals surface area contributed by atoms with Crippen molar-refractivity contribution in [3.8, 4) is 5.75 Å². The van der Waals surface area contributed by atoms with Crippen LogP contribution in [0, 0.1) is 5.82 Å². The Morgan fingerprint density at radius 3 is 2.34 bits per heavy atom. The van der Waals surface area contributed by atoms with Gasteiger partial charge in [-0.2, -0.15) is 13.2 Å². The zero-order valence-electron chi connectivity index (χ0n) is 20.5. The van der Waals surface area contributed by atoms with Crippen LogP contribution in [-0.4, -0.2) is 53.2 Å². The number of pyridine rings is 1. The van der Waals surface area contributed by atoms with Crippen molar-refractivity contribution in [2.24, 2.45) is 0 Å². The molecule has 2 amide bonds.